The molecule has 1 heterocycles. The molecule has 1 rings (SSSR count). The molecule has 0 unspecified atom stereocenters. The number of aromatic nitrogens is 1. The van der Waals surface area contributed by atoms with Crippen LogP contribution in [0.5, 0.6) is 0 Å². The predicted octanol–water partition coefficient (Wildman–Crippen LogP) is 1.93. The number of hydrogen-bond donors (Lipinski definition) is 1. The molecular formula is C12H17N3O2. The number of nitrogens with one attached hydrogen (secondary N) is 1. The molecule has 5 heteroatoms. The first-order chi connectivity index (χ1) is 8.07. The molecule has 0 aliphatic heterocycles. The molecule has 0 bridgehead atoms. The maximum atomic E-state index is 11.9. The number of amides is 1. The van der Waals surface area contributed by atoms with Crippen molar-refractivity contribution in [1.82, 2.24) is 10.3 Å². The molecule has 0 aliphatic carbocycles. The van der Waals surface area contributed by atoms with Gasteiger partial charge >= 0.3 is 0 Å². The van der Waals surface area contributed by atoms with Crippen LogP contribution in [0.4, 0.5) is 0 Å². The van der Waals surface area contributed by atoms with E-state index in [0.717, 1.165) is 0 Å². The van der Waals surface area contributed by atoms with Crippen LogP contribution in [0.15, 0.2) is 10.6 Å². The van der Waals surface area contributed by atoms with Crippen molar-refractivity contribution in [1.29, 1.82) is 5.26 Å². The third kappa shape index (κ3) is 2.84. The number of nitrogens with zero attached hydrogens (tertiary/aromatic N) is 2. The van der Waals surface area contributed by atoms with Crippen LogP contribution >= 0.6 is 0 Å². The summed E-state index contributed by atoms with van der Waals surface area (Å²) in [6.07, 6.45) is 2.59. The maximum absolute atomic E-state index is 11.9. The van der Waals surface area contributed by atoms with Gasteiger partial charge in [0.15, 0.2) is 0 Å². The molecule has 1 N–H and O–H groups in total. The van der Waals surface area contributed by atoms with Gasteiger partial charge in [0.2, 0.25) is 11.8 Å². The zero-order chi connectivity index (χ0) is 12.9. The standard InChI is InChI=1S/C12H17N3O2/c1-4-12(5-2,8-13)11(16)15-7-10-14-6-9(3)17-10/h6H,4-5,7H2,1-3H3,(H,15,16). The molecule has 0 radical (unpaired) electrons. The predicted molar refractivity (Wildman–Crippen MR) is 61.7 cm³/mol. The Morgan fingerprint density at radius 3 is 2.65 bits per heavy atom. The van der Waals surface area contributed by atoms with Crippen LogP contribution in [0.3, 0.4) is 0 Å². The van der Waals surface area contributed by atoms with E-state index in [1.165, 1.54) is 0 Å². The summed E-state index contributed by atoms with van der Waals surface area (Å²) in [4.78, 5) is 15.9. The fourth-order valence-corrected chi connectivity index (χ4v) is 1.59. The van der Waals surface area contributed by atoms with Crippen LogP contribution in [-0.4, -0.2) is 10.9 Å². The normalized spacial score (nSPS) is 10.9. The summed E-state index contributed by atoms with van der Waals surface area (Å²) in [6.45, 7) is 5.68. The van der Waals surface area contributed by atoms with Crippen molar-refractivity contribution in [2.75, 3.05) is 0 Å². The van der Waals surface area contributed by atoms with E-state index in [0.29, 0.717) is 24.5 Å². The lowest BCUT2D eigenvalue weighted by atomic mass is 9.83. The van der Waals surface area contributed by atoms with E-state index in [9.17, 15) is 4.79 Å². The molecule has 92 valence electrons. The summed E-state index contributed by atoms with van der Waals surface area (Å²) in [5.74, 6) is 0.891. The third-order valence-electron chi connectivity index (χ3n) is 2.93. The van der Waals surface area contributed by atoms with Gasteiger partial charge in [-0.2, -0.15) is 5.26 Å². The molecule has 1 aromatic heterocycles. The SMILES string of the molecule is CCC(C#N)(CC)C(=O)NCc1ncc(C)o1. The van der Waals surface area contributed by atoms with Crippen molar-refractivity contribution in [3.05, 3.63) is 17.8 Å². The van der Waals surface area contributed by atoms with Crippen LogP contribution in [0.2, 0.25) is 0 Å². The lowest BCUT2D eigenvalue weighted by molar-refractivity contribution is -0.128. The maximum Gasteiger partial charge on any atom is 0.240 e. The molecule has 1 amide bonds. The molecular weight excluding hydrogens is 218 g/mol. The lowest BCUT2D eigenvalue weighted by Gasteiger charge is -2.21. The molecule has 1 aromatic rings. The Labute approximate surface area is 101 Å². The summed E-state index contributed by atoms with van der Waals surface area (Å²) in [7, 11) is 0. The summed E-state index contributed by atoms with van der Waals surface area (Å²) in [6, 6.07) is 2.09. The number of oxazole rings is 1. The fraction of sp³-hybridized carbons (Fsp3) is 0.583. The zero-order valence-corrected chi connectivity index (χ0v) is 10.4. The number of nitriles is 1. The van der Waals surface area contributed by atoms with E-state index in [1.54, 1.807) is 13.1 Å². The molecule has 0 saturated carbocycles. The second-order valence-corrected chi connectivity index (χ2v) is 3.95. The van der Waals surface area contributed by atoms with Crippen molar-refractivity contribution >= 4 is 5.91 Å². The van der Waals surface area contributed by atoms with E-state index in [2.05, 4.69) is 16.4 Å². The first-order valence-corrected chi connectivity index (χ1v) is 5.68. The van der Waals surface area contributed by atoms with E-state index >= 15 is 0 Å². The quantitative estimate of drug-likeness (QED) is 0.845. The molecule has 0 spiro atoms. The second kappa shape index (κ2) is 5.48. The van der Waals surface area contributed by atoms with Crippen LogP contribution in [0.1, 0.15) is 38.3 Å². The van der Waals surface area contributed by atoms with Crippen molar-refractivity contribution < 1.29 is 9.21 Å². The summed E-state index contributed by atoms with van der Waals surface area (Å²) in [5, 5.41) is 11.8. The summed E-state index contributed by atoms with van der Waals surface area (Å²) >= 11 is 0. The topological polar surface area (TPSA) is 78.9 Å². The van der Waals surface area contributed by atoms with E-state index in [1.807, 2.05) is 13.8 Å². The Hall–Kier alpha value is -1.83. The first-order valence-electron chi connectivity index (χ1n) is 5.68. The fourth-order valence-electron chi connectivity index (χ4n) is 1.59. The van der Waals surface area contributed by atoms with Gasteiger partial charge in [-0.1, -0.05) is 13.8 Å². The average molecular weight is 235 g/mol. The highest BCUT2D eigenvalue weighted by Gasteiger charge is 2.34. The molecule has 0 fully saturated rings. The van der Waals surface area contributed by atoms with Crippen molar-refractivity contribution in [3.8, 4) is 6.07 Å². The Bertz CT molecular complexity index is 427. The number of hydrogen-bond acceptors (Lipinski definition) is 4. The molecule has 0 atom stereocenters. The average Bonchev–Trinajstić information content (AvgIpc) is 2.75. The summed E-state index contributed by atoms with van der Waals surface area (Å²) < 4.78 is 5.24. The van der Waals surface area contributed by atoms with Gasteiger partial charge in [0.1, 0.15) is 11.2 Å². The minimum atomic E-state index is -0.943. The Balaban J connectivity index is 2.63. The van der Waals surface area contributed by atoms with Crippen LogP contribution in [-0.2, 0) is 11.3 Å². The zero-order valence-electron chi connectivity index (χ0n) is 10.4. The van der Waals surface area contributed by atoms with E-state index in [4.69, 9.17) is 9.68 Å². The number of carbonyl (C=O) groups excluding carboxylic acids is 1. The van der Waals surface area contributed by atoms with Crippen LogP contribution in [0, 0.1) is 23.7 Å². The largest absolute Gasteiger partial charge is 0.444 e. The Kier molecular flexibility index (Phi) is 4.27. The van der Waals surface area contributed by atoms with Gasteiger partial charge < -0.3 is 9.73 Å². The number of carbonyl (C=O) groups is 1. The van der Waals surface area contributed by atoms with Gasteiger partial charge in [-0.05, 0) is 19.8 Å². The first kappa shape index (κ1) is 13.2. The monoisotopic (exact) mass is 235 g/mol. The van der Waals surface area contributed by atoms with E-state index in [-0.39, 0.29) is 12.5 Å². The highest BCUT2D eigenvalue weighted by atomic mass is 16.4. The Morgan fingerprint density at radius 1 is 1.59 bits per heavy atom. The lowest BCUT2D eigenvalue weighted by Crippen LogP contribution is -2.39. The Morgan fingerprint density at radius 2 is 2.24 bits per heavy atom. The molecule has 5 nitrogen and oxygen atoms in total. The smallest absolute Gasteiger partial charge is 0.240 e. The van der Waals surface area contributed by atoms with Gasteiger partial charge in [0.25, 0.3) is 0 Å². The molecule has 0 saturated heterocycles. The van der Waals surface area contributed by atoms with Crippen LogP contribution in [0.25, 0.3) is 0 Å². The molecule has 0 aliphatic rings. The highest BCUT2D eigenvalue weighted by Crippen LogP contribution is 2.25. The highest BCUT2D eigenvalue weighted by molar-refractivity contribution is 5.85. The minimum absolute atomic E-state index is 0.218. The van der Waals surface area contributed by atoms with Crippen molar-refractivity contribution in [3.63, 3.8) is 0 Å². The molecule has 0 aromatic carbocycles. The summed E-state index contributed by atoms with van der Waals surface area (Å²) in [5.41, 5.74) is -0.943. The number of aryl methyl sites for hydroxylation is 1. The third-order valence-corrected chi connectivity index (χ3v) is 2.93. The van der Waals surface area contributed by atoms with Crippen LogP contribution < -0.4 is 5.32 Å². The van der Waals surface area contributed by atoms with Crippen molar-refractivity contribution in [2.24, 2.45) is 5.41 Å². The van der Waals surface area contributed by atoms with Gasteiger partial charge in [-0.15, -0.1) is 0 Å². The van der Waals surface area contributed by atoms with E-state index < -0.39 is 5.41 Å². The van der Waals surface area contributed by atoms with Gasteiger partial charge in [0, 0.05) is 0 Å². The number of rotatable bonds is 5. The minimum Gasteiger partial charge on any atom is -0.444 e. The molecule has 17 heavy (non-hydrogen) atoms. The second-order valence-electron chi connectivity index (χ2n) is 3.95. The van der Waals surface area contributed by atoms with Gasteiger partial charge in [0.05, 0.1) is 18.8 Å². The van der Waals surface area contributed by atoms with Gasteiger partial charge in [-0.3, -0.25) is 4.79 Å². The van der Waals surface area contributed by atoms with Crippen molar-refractivity contribution in [2.45, 2.75) is 40.2 Å². The van der Waals surface area contributed by atoms with Gasteiger partial charge in [-0.25, -0.2) is 4.98 Å².